The lowest BCUT2D eigenvalue weighted by Crippen LogP contribution is -2.53. The van der Waals surface area contributed by atoms with Gasteiger partial charge in [-0.2, -0.15) is 0 Å². The molecule has 0 aliphatic heterocycles. The Kier molecular flexibility index (Phi) is 8.54. The van der Waals surface area contributed by atoms with Crippen LogP contribution >= 0.6 is 11.8 Å². The van der Waals surface area contributed by atoms with Crippen molar-refractivity contribution in [2.45, 2.75) is 71.0 Å². The zero-order valence-corrected chi connectivity index (χ0v) is 19.8. The maximum Gasteiger partial charge on any atom is 0.243 e. The number of nitrogens with zero attached hydrogens (tertiary/aromatic N) is 1. The zero-order chi connectivity index (χ0) is 22.3. The van der Waals surface area contributed by atoms with E-state index in [1.807, 2.05) is 90.1 Å². The van der Waals surface area contributed by atoms with E-state index in [0.29, 0.717) is 18.7 Å². The van der Waals surface area contributed by atoms with Crippen LogP contribution in [0.15, 0.2) is 53.4 Å². The van der Waals surface area contributed by atoms with Gasteiger partial charge in [0, 0.05) is 17.0 Å². The molecular weight excluding hydrogens is 392 g/mol. The van der Waals surface area contributed by atoms with Crippen LogP contribution in [0.25, 0.3) is 0 Å². The van der Waals surface area contributed by atoms with Crippen molar-refractivity contribution in [2.75, 3.05) is 5.75 Å². The third kappa shape index (κ3) is 7.21. The van der Waals surface area contributed by atoms with E-state index in [0.717, 1.165) is 16.0 Å². The second-order valence-electron chi connectivity index (χ2n) is 8.71. The highest BCUT2D eigenvalue weighted by atomic mass is 32.2. The van der Waals surface area contributed by atoms with Crippen molar-refractivity contribution in [1.29, 1.82) is 0 Å². The summed E-state index contributed by atoms with van der Waals surface area (Å²) in [5.74, 6) is 0.167. The van der Waals surface area contributed by atoms with E-state index in [-0.39, 0.29) is 17.4 Å². The Morgan fingerprint density at radius 1 is 1.03 bits per heavy atom. The smallest absolute Gasteiger partial charge is 0.243 e. The standard InChI is InChI=1S/C25H34N2O2S/c1-7-22(24(29)26-25(4,5)6)27(16-20-11-9-8-10-19(20)3)23(28)17-30-21-14-12-18(2)13-15-21/h8-15,22H,7,16-17H2,1-6H3,(H,26,29)/t22-/m1/s1. The highest BCUT2D eigenvalue weighted by Gasteiger charge is 2.30. The molecule has 4 nitrogen and oxygen atoms in total. The van der Waals surface area contributed by atoms with Gasteiger partial charge >= 0.3 is 0 Å². The van der Waals surface area contributed by atoms with Crippen LogP contribution in [0.1, 0.15) is 50.8 Å². The van der Waals surface area contributed by atoms with Crippen molar-refractivity contribution in [3.8, 4) is 0 Å². The average molecular weight is 427 g/mol. The van der Waals surface area contributed by atoms with E-state index in [4.69, 9.17) is 0 Å². The number of benzene rings is 2. The minimum absolute atomic E-state index is 0.0280. The van der Waals surface area contributed by atoms with Gasteiger partial charge in [0.1, 0.15) is 6.04 Å². The second kappa shape index (κ2) is 10.7. The summed E-state index contributed by atoms with van der Waals surface area (Å²) in [7, 11) is 0. The van der Waals surface area contributed by atoms with E-state index < -0.39 is 6.04 Å². The number of amides is 2. The van der Waals surface area contributed by atoms with Crippen LogP contribution < -0.4 is 5.32 Å². The predicted octanol–water partition coefficient (Wildman–Crippen LogP) is 5.12. The van der Waals surface area contributed by atoms with E-state index in [2.05, 4.69) is 5.32 Å². The molecule has 0 aliphatic rings. The van der Waals surface area contributed by atoms with Crippen molar-refractivity contribution in [3.63, 3.8) is 0 Å². The largest absolute Gasteiger partial charge is 0.350 e. The van der Waals surface area contributed by atoms with Gasteiger partial charge in [-0.25, -0.2) is 0 Å². The molecule has 5 heteroatoms. The normalized spacial score (nSPS) is 12.3. The number of carbonyl (C=O) groups is 2. The maximum atomic E-state index is 13.3. The molecule has 0 unspecified atom stereocenters. The lowest BCUT2D eigenvalue weighted by atomic mass is 10.0. The van der Waals surface area contributed by atoms with E-state index >= 15 is 0 Å². The molecule has 1 N–H and O–H groups in total. The molecular formula is C25H34N2O2S. The summed E-state index contributed by atoms with van der Waals surface area (Å²) in [5.41, 5.74) is 3.02. The monoisotopic (exact) mass is 426 g/mol. The summed E-state index contributed by atoms with van der Waals surface area (Å²) in [4.78, 5) is 29.1. The maximum absolute atomic E-state index is 13.3. The first-order chi connectivity index (χ1) is 14.1. The van der Waals surface area contributed by atoms with Gasteiger partial charge in [-0.15, -0.1) is 11.8 Å². The van der Waals surface area contributed by atoms with Crippen molar-refractivity contribution >= 4 is 23.6 Å². The molecule has 0 aliphatic carbocycles. The average Bonchev–Trinajstić information content (AvgIpc) is 2.67. The molecule has 0 aromatic heterocycles. The zero-order valence-electron chi connectivity index (χ0n) is 19.0. The molecule has 0 saturated carbocycles. The highest BCUT2D eigenvalue weighted by Crippen LogP contribution is 2.22. The molecule has 0 fully saturated rings. The molecule has 162 valence electrons. The van der Waals surface area contributed by atoms with Gasteiger partial charge in [-0.3, -0.25) is 9.59 Å². The summed E-state index contributed by atoms with van der Waals surface area (Å²) in [6, 6.07) is 15.7. The summed E-state index contributed by atoms with van der Waals surface area (Å²) in [6.45, 7) is 12.3. The summed E-state index contributed by atoms with van der Waals surface area (Å²) < 4.78 is 0. The second-order valence-corrected chi connectivity index (χ2v) is 9.76. The van der Waals surface area contributed by atoms with Gasteiger partial charge < -0.3 is 10.2 Å². The first-order valence-electron chi connectivity index (χ1n) is 10.5. The van der Waals surface area contributed by atoms with Gasteiger partial charge in [-0.1, -0.05) is 48.9 Å². The highest BCUT2D eigenvalue weighted by molar-refractivity contribution is 8.00. The van der Waals surface area contributed by atoms with E-state index in [1.54, 1.807) is 4.90 Å². The Bertz CT molecular complexity index is 856. The first-order valence-corrected chi connectivity index (χ1v) is 11.4. The summed E-state index contributed by atoms with van der Waals surface area (Å²) in [6.07, 6.45) is 0.564. The van der Waals surface area contributed by atoms with E-state index in [9.17, 15) is 9.59 Å². The Labute approximate surface area is 185 Å². The molecule has 30 heavy (non-hydrogen) atoms. The fourth-order valence-corrected chi connectivity index (χ4v) is 3.99. The van der Waals surface area contributed by atoms with Crippen molar-refractivity contribution < 1.29 is 9.59 Å². The molecule has 1 atom stereocenters. The van der Waals surface area contributed by atoms with Crippen molar-refractivity contribution in [3.05, 3.63) is 65.2 Å². The van der Waals surface area contributed by atoms with Crippen LogP contribution in [0, 0.1) is 13.8 Å². The van der Waals surface area contributed by atoms with Crippen LogP contribution in [0.4, 0.5) is 0 Å². The van der Waals surface area contributed by atoms with Crippen LogP contribution in [0.3, 0.4) is 0 Å². The minimum Gasteiger partial charge on any atom is -0.350 e. The summed E-state index contributed by atoms with van der Waals surface area (Å²) >= 11 is 1.51. The van der Waals surface area contributed by atoms with Gasteiger partial charge in [0.25, 0.3) is 0 Å². The van der Waals surface area contributed by atoms with Crippen LogP contribution in [-0.4, -0.2) is 34.0 Å². The molecule has 0 spiro atoms. The lowest BCUT2D eigenvalue weighted by molar-refractivity contribution is -0.140. The fraction of sp³-hybridized carbons (Fsp3) is 0.440. The predicted molar refractivity (Wildman–Crippen MR) is 126 cm³/mol. The molecule has 0 bridgehead atoms. The molecule has 2 amide bonds. The van der Waals surface area contributed by atoms with Gasteiger partial charge in [0.15, 0.2) is 0 Å². The first kappa shape index (κ1) is 24.0. The Balaban J connectivity index is 2.24. The van der Waals surface area contributed by atoms with Crippen LogP contribution in [0.5, 0.6) is 0 Å². The Hall–Kier alpha value is -2.27. The Morgan fingerprint density at radius 3 is 2.23 bits per heavy atom. The van der Waals surface area contributed by atoms with Crippen LogP contribution in [0.2, 0.25) is 0 Å². The van der Waals surface area contributed by atoms with Crippen molar-refractivity contribution in [1.82, 2.24) is 10.2 Å². The number of carbonyl (C=O) groups excluding carboxylic acids is 2. The third-order valence-electron chi connectivity index (χ3n) is 4.87. The molecule has 2 aromatic rings. The van der Waals surface area contributed by atoms with Crippen LogP contribution in [-0.2, 0) is 16.1 Å². The topological polar surface area (TPSA) is 49.4 Å². The van der Waals surface area contributed by atoms with Gasteiger partial charge in [0.05, 0.1) is 5.75 Å². The van der Waals surface area contributed by atoms with Crippen molar-refractivity contribution in [2.24, 2.45) is 0 Å². The number of nitrogens with one attached hydrogen (secondary N) is 1. The number of hydrogen-bond donors (Lipinski definition) is 1. The molecule has 0 radical (unpaired) electrons. The van der Waals surface area contributed by atoms with Gasteiger partial charge in [0.2, 0.25) is 11.8 Å². The SMILES string of the molecule is CC[C@H](C(=O)NC(C)(C)C)N(Cc1ccccc1C)C(=O)CSc1ccc(C)cc1. The Morgan fingerprint density at radius 2 is 1.67 bits per heavy atom. The molecule has 2 rings (SSSR count). The number of rotatable bonds is 8. The molecule has 0 heterocycles. The quantitative estimate of drug-likeness (QED) is 0.596. The van der Waals surface area contributed by atoms with E-state index in [1.165, 1.54) is 17.3 Å². The van der Waals surface area contributed by atoms with Gasteiger partial charge in [-0.05, 0) is 64.3 Å². The number of aryl methyl sites for hydroxylation is 2. The molecule has 2 aromatic carbocycles. The third-order valence-corrected chi connectivity index (χ3v) is 5.87. The lowest BCUT2D eigenvalue weighted by Gasteiger charge is -2.33. The molecule has 0 saturated heterocycles. The minimum atomic E-state index is -0.505. The number of thioether (sulfide) groups is 1. The summed E-state index contributed by atoms with van der Waals surface area (Å²) in [5, 5.41) is 3.05. The fourth-order valence-electron chi connectivity index (χ4n) is 3.21. The number of hydrogen-bond acceptors (Lipinski definition) is 3.